The van der Waals surface area contributed by atoms with Crippen LogP contribution in [0.3, 0.4) is 0 Å². The van der Waals surface area contributed by atoms with Crippen molar-refractivity contribution in [3.8, 4) is 5.75 Å². The van der Waals surface area contributed by atoms with Crippen molar-refractivity contribution in [1.82, 2.24) is 0 Å². The largest absolute Gasteiger partial charge is 0.484 e. The smallest absolute Gasteiger partial charge is 0.422 e. The maximum absolute atomic E-state index is 12.0. The maximum Gasteiger partial charge on any atom is 0.422 e. The minimum Gasteiger partial charge on any atom is -0.484 e. The van der Waals surface area contributed by atoms with Gasteiger partial charge in [0.1, 0.15) is 5.75 Å². The molecule has 0 aromatic heterocycles. The standard InChI is InChI=1S/C12H15ClF3NO3S/c1-9(6-13)7-21(18,19)17-10-2-4-11(5-3-10)20-8-12(14,15)16/h2-5,9,17H,6-8H2,1H3. The van der Waals surface area contributed by atoms with E-state index in [9.17, 15) is 21.6 Å². The lowest BCUT2D eigenvalue weighted by molar-refractivity contribution is -0.153. The van der Waals surface area contributed by atoms with Crippen molar-refractivity contribution in [3.05, 3.63) is 24.3 Å². The van der Waals surface area contributed by atoms with Crippen LogP contribution in [0.15, 0.2) is 24.3 Å². The fraction of sp³-hybridized carbons (Fsp3) is 0.500. The van der Waals surface area contributed by atoms with Crippen LogP contribution in [0.2, 0.25) is 0 Å². The van der Waals surface area contributed by atoms with Gasteiger partial charge in [0, 0.05) is 11.6 Å². The van der Waals surface area contributed by atoms with E-state index in [2.05, 4.69) is 9.46 Å². The fourth-order valence-corrected chi connectivity index (χ4v) is 3.11. The first-order chi connectivity index (χ1) is 9.61. The van der Waals surface area contributed by atoms with Gasteiger partial charge in [-0.05, 0) is 30.2 Å². The summed E-state index contributed by atoms with van der Waals surface area (Å²) in [6.07, 6.45) is -4.42. The second-order valence-corrected chi connectivity index (χ2v) is 6.65. The Labute approximate surface area is 126 Å². The molecule has 0 fully saturated rings. The average Bonchev–Trinajstić information content (AvgIpc) is 2.36. The Morgan fingerprint density at radius 3 is 2.33 bits per heavy atom. The molecule has 4 nitrogen and oxygen atoms in total. The number of sulfonamides is 1. The fourth-order valence-electron chi connectivity index (χ4n) is 1.42. The minimum atomic E-state index is -4.42. The van der Waals surface area contributed by atoms with Crippen LogP contribution in [-0.4, -0.2) is 32.8 Å². The van der Waals surface area contributed by atoms with E-state index in [1.165, 1.54) is 24.3 Å². The number of alkyl halides is 4. The molecule has 0 bridgehead atoms. The molecule has 0 saturated carbocycles. The average molecular weight is 346 g/mol. The van der Waals surface area contributed by atoms with Crippen molar-refractivity contribution >= 4 is 27.3 Å². The summed E-state index contributed by atoms with van der Waals surface area (Å²) in [5.41, 5.74) is 0.246. The van der Waals surface area contributed by atoms with E-state index >= 15 is 0 Å². The highest BCUT2D eigenvalue weighted by molar-refractivity contribution is 7.92. The molecule has 1 unspecified atom stereocenters. The van der Waals surface area contributed by atoms with Gasteiger partial charge < -0.3 is 4.74 Å². The summed E-state index contributed by atoms with van der Waals surface area (Å²) in [5.74, 6) is -0.128. The summed E-state index contributed by atoms with van der Waals surface area (Å²) in [6.45, 7) is 0.297. The van der Waals surface area contributed by atoms with Crippen LogP contribution in [0, 0.1) is 5.92 Å². The third-order valence-electron chi connectivity index (χ3n) is 2.30. The van der Waals surface area contributed by atoms with E-state index < -0.39 is 22.8 Å². The number of ether oxygens (including phenoxy) is 1. The molecule has 0 saturated heterocycles. The van der Waals surface area contributed by atoms with Crippen LogP contribution >= 0.6 is 11.6 Å². The monoisotopic (exact) mass is 345 g/mol. The van der Waals surface area contributed by atoms with E-state index in [0.717, 1.165) is 0 Å². The zero-order valence-corrected chi connectivity index (χ0v) is 12.7. The SMILES string of the molecule is CC(CCl)CS(=O)(=O)Nc1ccc(OCC(F)(F)F)cc1. The van der Waals surface area contributed by atoms with Gasteiger partial charge in [-0.3, -0.25) is 4.72 Å². The number of anilines is 1. The Balaban J connectivity index is 2.62. The molecule has 0 radical (unpaired) electrons. The molecular formula is C12H15ClF3NO3S. The van der Waals surface area contributed by atoms with E-state index in [1.54, 1.807) is 6.92 Å². The molecule has 0 spiro atoms. The first-order valence-corrected chi connectivity index (χ1v) is 8.16. The molecule has 0 aliphatic carbocycles. The third kappa shape index (κ3) is 7.42. The lowest BCUT2D eigenvalue weighted by Gasteiger charge is -2.12. The van der Waals surface area contributed by atoms with Gasteiger partial charge in [0.15, 0.2) is 6.61 Å². The third-order valence-corrected chi connectivity index (χ3v) is 4.38. The van der Waals surface area contributed by atoms with Crippen LogP contribution in [-0.2, 0) is 10.0 Å². The zero-order valence-electron chi connectivity index (χ0n) is 11.2. The number of halogens is 4. The van der Waals surface area contributed by atoms with Crippen molar-refractivity contribution in [2.24, 2.45) is 5.92 Å². The number of hydrogen-bond acceptors (Lipinski definition) is 3. The van der Waals surface area contributed by atoms with E-state index in [4.69, 9.17) is 11.6 Å². The Hall–Kier alpha value is -1.15. The summed E-state index contributed by atoms with van der Waals surface area (Å²) >= 11 is 5.55. The molecule has 9 heteroatoms. The second kappa shape index (κ2) is 7.22. The molecule has 1 aromatic carbocycles. The summed E-state index contributed by atoms with van der Waals surface area (Å²) in [7, 11) is -3.55. The van der Waals surface area contributed by atoms with Gasteiger partial charge in [-0.15, -0.1) is 11.6 Å². The Kier molecular flexibility index (Phi) is 6.15. The van der Waals surface area contributed by atoms with Gasteiger partial charge in [0.2, 0.25) is 10.0 Å². The van der Waals surface area contributed by atoms with Gasteiger partial charge in [0.05, 0.1) is 5.75 Å². The molecule has 1 atom stereocenters. The van der Waals surface area contributed by atoms with E-state index in [1.807, 2.05) is 0 Å². The lowest BCUT2D eigenvalue weighted by atomic mass is 10.3. The minimum absolute atomic E-state index is 0.00407. The van der Waals surface area contributed by atoms with Crippen LogP contribution in [0.5, 0.6) is 5.75 Å². The number of rotatable bonds is 7. The summed E-state index contributed by atoms with van der Waals surface area (Å²) in [6, 6.07) is 5.17. The molecule has 0 aliphatic heterocycles. The maximum atomic E-state index is 12.0. The molecule has 0 aliphatic rings. The number of hydrogen-bond donors (Lipinski definition) is 1. The summed E-state index contributed by atoms with van der Waals surface area (Å²) in [5, 5.41) is 0. The van der Waals surface area contributed by atoms with Gasteiger partial charge in [-0.25, -0.2) is 8.42 Å². The highest BCUT2D eigenvalue weighted by atomic mass is 35.5. The van der Waals surface area contributed by atoms with E-state index in [0.29, 0.717) is 0 Å². The molecular weight excluding hydrogens is 331 g/mol. The van der Waals surface area contributed by atoms with Crippen LogP contribution < -0.4 is 9.46 Å². The second-order valence-electron chi connectivity index (χ2n) is 4.57. The topological polar surface area (TPSA) is 55.4 Å². The highest BCUT2D eigenvalue weighted by Crippen LogP contribution is 2.21. The van der Waals surface area contributed by atoms with Gasteiger partial charge in [0.25, 0.3) is 0 Å². The predicted octanol–water partition coefficient (Wildman–Crippen LogP) is 3.24. The molecule has 21 heavy (non-hydrogen) atoms. The van der Waals surface area contributed by atoms with E-state index in [-0.39, 0.29) is 29.0 Å². The molecule has 0 heterocycles. The first-order valence-electron chi connectivity index (χ1n) is 5.97. The first kappa shape index (κ1) is 17.9. The quantitative estimate of drug-likeness (QED) is 0.772. The molecule has 120 valence electrons. The van der Waals surface area contributed by atoms with Crippen molar-refractivity contribution in [3.63, 3.8) is 0 Å². The molecule has 0 amide bonds. The van der Waals surface area contributed by atoms with Crippen LogP contribution in [0.1, 0.15) is 6.92 Å². The van der Waals surface area contributed by atoms with Crippen molar-refractivity contribution in [2.75, 3.05) is 23.0 Å². The number of nitrogens with one attached hydrogen (secondary N) is 1. The van der Waals surface area contributed by atoms with Crippen molar-refractivity contribution < 1.29 is 26.3 Å². The van der Waals surface area contributed by atoms with Gasteiger partial charge in [-0.2, -0.15) is 13.2 Å². The van der Waals surface area contributed by atoms with Crippen LogP contribution in [0.25, 0.3) is 0 Å². The summed E-state index contributed by atoms with van der Waals surface area (Å²) in [4.78, 5) is 0. The van der Waals surface area contributed by atoms with Gasteiger partial charge in [-0.1, -0.05) is 6.92 Å². The summed E-state index contributed by atoms with van der Waals surface area (Å²) < 4.78 is 66.3. The highest BCUT2D eigenvalue weighted by Gasteiger charge is 2.28. The zero-order chi connectivity index (χ0) is 16.1. The predicted molar refractivity (Wildman–Crippen MR) is 75.3 cm³/mol. The van der Waals surface area contributed by atoms with Gasteiger partial charge >= 0.3 is 6.18 Å². The number of benzene rings is 1. The molecule has 1 aromatic rings. The Morgan fingerprint density at radius 2 is 1.86 bits per heavy atom. The molecule has 1 rings (SSSR count). The lowest BCUT2D eigenvalue weighted by Crippen LogP contribution is -2.22. The van der Waals surface area contributed by atoms with Crippen molar-refractivity contribution in [1.29, 1.82) is 0 Å². The Morgan fingerprint density at radius 1 is 1.29 bits per heavy atom. The van der Waals surface area contributed by atoms with Crippen LogP contribution in [0.4, 0.5) is 18.9 Å². The van der Waals surface area contributed by atoms with Crippen molar-refractivity contribution in [2.45, 2.75) is 13.1 Å². The normalized spacial score (nSPS) is 13.8. The Bertz CT molecular complexity index is 546. The molecule has 1 N–H and O–H groups in total.